The molecule has 3 nitrogen and oxygen atoms in total. The quantitative estimate of drug-likeness (QED) is 0.709. The van der Waals surface area contributed by atoms with Crippen LogP contribution >= 0.6 is 0 Å². The second kappa shape index (κ2) is 5.77. The van der Waals surface area contributed by atoms with Gasteiger partial charge in [0.2, 0.25) is 5.91 Å². The van der Waals surface area contributed by atoms with Gasteiger partial charge < -0.3 is 10.1 Å². The van der Waals surface area contributed by atoms with Crippen LogP contribution in [0.5, 0.6) is 0 Å². The number of carbonyl (C=O) groups excluding carboxylic acids is 1. The molecule has 0 aromatic carbocycles. The van der Waals surface area contributed by atoms with Gasteiger partial charge in [0.1, 0.15) is 0 Å². The van der Waals surface area contributed by atoms with Crippen molar-refractivity contribution in [1.82, 2.24) is 5.32 Å². The minimum absolute atomic E-state index is 0.00947. The van der Waals surface area contributed by atoms with Crippen LogP contribution in [-0.2, 0) is 9.53 Å². The summed E-state index contributed by atoms with van der Waals surface area (Å²) < 4.78 is 5.48. The third-order valence-corrected chi connectivity index (χ3v) is 2.76. The molecule has 0 aromatic heterocycles. The molecule has 1 aliphatic rings. The van der Waals surface area contributed by atoms with Crippen molar-refractivity contribution in [3.63, 3.8) is 0 Å². The first-order valence-electron chi connectivity index (χ1n) is 5.54. The summed E-state index contributed by atoms with van der Waals surface area (Å²) in [5, 5.41) is 2.93. The van der Waals surface area contributed by atoms with Crippen molar-refractivity contribution >= 4 is 5.91 Å². The van der Waals surface area contributed by atoms with E-state index in [2.05, 4.69) is 11.2 Å². The Bertz CT molecular complexity index is 257. The first-order chi connectivity index (χ1) is 7.19. The SMILES string of the molecule is C#CCC(C)NC(=O)C1CCOC1CC. The van der Waals surface area contributed by atoms with Gasteiger partial charge in [-0.1, -0.05) is 6.92 Å². The van der Waals surface area contributed by atoms with Crippen LogP contribution in [0.1, 0.15) is 33.1 Å². The maximum absolute atomic E-state index is 11.8. The third kappa shape index (κ3) is 3.24. The largest absolute Gasteiger partial charge is 0.377 e. The van der Waals surface area contributed by atoms with Gasteiger partial charge in [-0.25, -0.2) is 0 Å². The van der Waals surface area contributed by atoms with Crippen LogP contribution in [0.15, 0.2) is 0 Å². The fraction of sp³-hybridized carbons (Fsp3) is 0.750. The summed E-state index contributed by atoms with van der Waals surface area (Å²) in [6.45, 7) is 4.66. The molecule has 84 valence electrons. The summed E-state index contributed by atoms with van der Waals surface area (Å²) >= 11 is 0. The van der Waals surface area contributed by atoms with Crippen LogP contribution in [0.2, 0.25) is 0 Å². The highest BCUT2D eigenvalue weighted by Crippen LogP contribution is 2.23. The fourth-order valence-electron chi connectivity index (χ4n) is 1.93. The predicted octanol–water partition coefficient (Wildman–Crippen LogP) is 1.33. The van der Waals surface area contributed by atoms with Crippen molar-refractivity contribution in [2.75, 3.05) is 6.61 Å². The maximum Gasteiger partial charge on any atom is 0.226 e. The summed E-state index contributed by atoms with van der Waals surface area (Å²) in [6, 6.07) is 0.0561. The Balaban J connectivity index is 2.43. The summed E-state index contributed by atoms with van der Waals surface area (Å²) in [4.78, 5) is 11.8. The highest BCUT2D eigenvalue weighted by Gasteiger charge is 2.32. The van der Waals surface area contributed by atoms with E-state index in [-0.39, 0.29) is 24.0 Å². The second-order valence-electron chi connectivity index (χ2n) is 4.03. The van der Waals surface area contributed by atoms with Gasteiger partial charge in [0.05, 0.1) is 12.0 Å². The Morgan fingerprint density at radius 3 is 3.07 bits per heavy atom. The van der Waals surface area contributed by atoms with Crippen molar-refractivity contribution in [3.8, 4) is 12.3 Å². The lowest BCUT2D eigenvalue weighted by atomic mass is 9.98. The molecule has 3 atom stereocenters. The Morgan fingerprint density at radius 2 is 2.47 bits per heavy atom. The van der Waals surface area contributed by atoms with E-state index >= 15 is 0 Å². The van der Waals surface area contributed by atoms with E-state index in [1.807, 2.05) is 13.8 Å². The van der Waals surface area contributed by atoms with Gasteiger partial charge in [-0.15, -0.1) is 12.3 Å². The van der Waals surface area contributed by atoms with Gasteiger partial charge in [0, 0.05) is 19.1 Å². The molecule has 1 aliphatic heterocycles. The smallest absolute Gasteiger partial charge is 0.226 e. The van der Waals surface area contributed by atoms with Crippen LogP contribution in [0, 0.1) is 18.3 Å². The molecule has 3 unspecified atom stereocenters. The Kier molecular flexibility index (Phi) is 4.64. The van der Waals surface area contributed by atoms with E-state index in [0.29, 0.717) is 13.0 Å². The topological polar surface area (TPSA) is 38.3 Å². The Hall–Kier alpha value is -1.01. The van der Waals surface area contributed by atoms with Crippen LogP contribution in [0.25, 0.3) is 0 Å². The average molecular weight is 209 g/mol. The minimum Gasteiger partial charge on any atom is -0.377 e. The van der Waals surface area contributed by atoms with E-state index in [0.717, 1.165) is 12.8 Å². The maximum atomic E-state index is 11.8. The summed E-state index contributed by atoms with van der Waals surface area (Å²) in [5.41, 5.74) is 0. The number of terminal acetylenes is 1. The third-order valence-electron chi connectivity index (χ3n) is 2.76. The summed E-state index contributed by atoms with van der Waals surface area (Å²) in [6.07, 6.45) is 7.57. The molecular formula is C12H19NO2. The monoisotopic (exact) mass is 209 g/mol. The van der Waals surface area contributed by atoms with E-state index in [1.165, 1.54) is 0 Å². The highest BCUT2D eigenvalue weighted by molar-refractivity contribution is 5.79. The zero-order chi connectivity index (χ0) is 11.3. The van der Waals surface area contributed by atoms with Crippen LogP contribution in [0.3, 0.4) is 0 Å². The van der Waals surface area contributed by atoms with E-state index in [1.54, 1.807) is 0 Å². The number of carbonyl (C=O) groups is 1. The van der Waals surface area contributed by atoms with E-state index < -0.39 is 0 Å². The van der Waals surface area contributed by atoms with Gasteiger partial charge in [0.15, 0.2) is 0 Å². The second-order valence-corrected chi connectivity index (χ2v) is 4.03. The van der Waals surface area contributed by atoms with Gasteiger partial charge in [0.25, 0.3) is 0 Å². The van der Waals surface area contributed by atoms with Gasteiger partial charge in [-0.05, 0) is 19.8 Å². The minimum atomic E-state index is 0.00947. The fourth-order valence-corrected chi connectivity index (χ4v) is 1.93. The Labute approximate surface area is 91.6 Å². The molecule has 1 rings (SSSR count). The molecule has 3 heteroatoms. The van der Waals surface area contributed by atoms with Crippen LogP contribution < -0.4 is 5.32 Å². The lowest BCUT2D eigenvalue weighted by Crippen LogP contribution is -2.39. The molecule has 0 aromatic rings. The van der Waals surface area contributed by atoms with Gasteiger partial charge in [-0.3, -0.25) is 4.79 Å². The summed E-state index contributed by atoms with van der Waals surface area (Å²) in [7, 11) is 0. The number of hydrogen-bond donors (Lipinski definition) is 1. The molecule has 0 aliphatic carbocycles. The van der Waals surface area contributed by atoms with Crippen LogP contribution in [-0.4, -0.2) is 24.7 Å². The molecule has 15 heavy (non-hydrogen) atoms. The zero-order valence-electron chi connectivity index (χ0n) is 9.45. The molecule has 0 spiro atoms. The molecule has 0 bridgehead atoms. The van der Waals surface area contributed by atoms with Gasteiger partial charge >= 0.3 is 0 Å². The first-order valence-corrected chi connectivity index (χ1v) is 5.54. The molecule has 1 saturated heterocycles. The number of nitrogens with one attached hydrogen (secondary N) is 1. The normalized spacial score (nSPS) is 27.0. The lowest BCUT2D eigenvalue weighted by molar-refractivity contribution is -0.127. The standard InChI is InChI=1S/C12H19NO2/c1-4-6-9(3)13-12(14)10-7-8-15-11(10)5-2/h1,9-11H,5-8H2,2-3H3,(H,13,14). The molecule has 0 radical (unpaired) electrons. The molecule has 1 fully saturated rings. The van der Waals surface area contributed by atoms with E-state index in [9.17, 15) is 4.79 Å². The van der Waals surface area contributed by atoms with Crippen molar-refractivity contribution in [1.29, 1.82) is 0 Å². The van der Waals surface area contributed by atoms with E-state index in [4.69, 9.17) is 11.2 Å². The number of ether oxygens (including phenoxy) is 1. The van der Waals surface area contributed by atoms with Crippen molar-refractivity contribution in [3.05, 3.63) is 0 Å². The van der Waals surface area contributed by atoms with Crippen molar-refractivity contribution < 1.29 is 9.53 Å². The van der Waals surface area contributed by atoms with Gasteiger partial charge in [-0.2, -0.15) is 0 Å². The molecule has 1 heterocycles. The predicted molar refractivity (Wildman–Crippen MR) is 59.2 cm³/mol. The highest BCUT2D eigenvalue weighted by atomic mass is 16.5. The van der Waals surface area contributed by atoms with Crippen molar-refractivity contribution in [2.24, 2.45) is 5.92 Å². The Morgan fingerprint density at radius 1 is 1.73 bits per heavy atom. The molecule has 1 amide bonds. The average Bonchev–Trinajstić information content (AvgIpc) is 2.65. The zero-order valence-corrected chi connectivity index (χ0v) is 9.45. The summed E-state index contributed by atoms with van der Waals surface area (Å²) in [5.74, 6) is 2.64. The van der Waals surface area contributed by atoms with Crippen LogP contribution in [0.4, 0.5) is 0 Å². The first kappa shape index (κ1) is 12.1. The van der Waals surface area contributed by atoms with Crippen molar-refractivity contribution in [2.45, 2.75) is 45.3 Å². The number of hydrogen-bond acceptors (Lipinski definition) is 2. The molecule has 1 N–H and O–H groups in total. The lowest BCUT2D eigenvalue weighted by Gasteiger charge is -2.18. The molecule has 0 saturated carbocycles. The number of amides is 1. The molecular weight excluding hydrogens is 190 g/mol. The number of rotatable bonds is 4.